The molecule has 1 saturated heterocycles. The van der Waals surface area contributed by atoms with E-state index < -0.39 is 0 Å². The summed E-state index contributed by atoms with van der Waals surface area (Å²) in [7, 11) is 0. The summed E-state index contributed by atoms with van der Waals surface area (Å²) in [5.74, 6) is -0.0302. The zero-order chi connectivity index (χ0) is 14.7. The zero-order valence-corrected chi connectivity index (χ0v) is 11.7. The molecule has 21 heavy (non-hydrogen) atoms. The summed E-state index contributed by atoms with van der Waals surface area (Å²) < 4.78 is 5.79. The lowest BCUT2D eigenvalue weighted by Crippen LogP contribution is -2.42. The molecule has 1 unspecified atom stereocenters. The van der Waals surface area contributed by atoms with Crippen LogP contribution < -0.4 is 5.73 Å². The number of ether oxygens (including phenoxy) is 1. The fraction of sp³-hybridized carbons (Fsp3) is 0.235. The van der Waals surface area contributed by atoms with Gasteiger partial charge in [-0.05, 0) is 17.7 Å². The van der Waals surface area contributed by atoms with Crippen molar-refractivity contribution in [1.29, 1.82) is 0 Å². The molecule has 4 heteroatoms. The lowest BCUT2D eigenvalue weighted by atomic mass is 10.1. The van der Waals surface area contributed by atoms with E-state index in [-0.39, 0.29) is 12.0 Å². The van der Waals surface area contributed by atoms with Gasteiger partial charge in [0.15, 0.2) is 0 Å². The molecule has 1 fully saturated rings. The average Bonchev–Trinajstić information content (AvgIpc) is 2.56. The van der Waals surface area contributed by atoms with Gasteiger partial charge in [-0.25, -0.2) is 0 Å². The zero-order valence-electron chi connectivity index (χ0n) is 11.7. The van der Waals surface area contributed by atoms with Gasteiger partial charge in [-0.3, -0.25) is 4.79 Å². The van der Waals surface area contributed by atoms with Crippen molar-refractivity contribution in [3.8, 4) is 0 Å². The van der Waals surface area contributed by atoms with Gasteiger partial charge < -0.3 is 15.4 Å². The first-order valence-corrected chi connectivity index (χ1v) is 7.06. The quantitative estimate of drug-likeness (QED) is 0.861. The highest BCUT2D eigenvalue weighted by Gasteiger charge is 2.26. The average molecular weight is 282 g/mol. The number of amides is 1. The normalized spacial score (nSPS) is 18.5. The van der Waals surface area contributed by atoms with Crippen molar-refractivity contribution < 1.29 is 9.53 Å². The molecular weight excluding hydrogens is 264 g/mol. The molecule has 2 aromatic rings. The topological polar surface area (TPSA) is 55.6 Å². The molecule has 0 bridgehead atoms. The van der Waals surface area contributed by atoms with Gasteiger partial charge >= 0.3 is 0 Å². The van der Waals surface area contributed by atoms with Gasteiger partial charge in [0, 0.05) is 12.2 Å². The number of nitrogens with zero attached hydrogens (tertiary/aromatic N) is 1. The van der Waals surface area contributed by atoms with E-state index in [9.17, 15) is 4.79 Å². The Morgan fingerprint density at radius 3 is 2.57 bits per heavy atom. The SMILES string of the molecule is Nc1ccccc1C(=O)N1CCOC(c2ccccc2)C1. The molecule has 2 N–H and O–H groups in total. The minimum absolute atomic E-state index is 0.0302. The Kier molecular flexibility index (Phi) is 3.88. The van der Waals surface area contributed by atoms with Crippen LogP contribution in [-0.4, -0.2) is 30.5 Å². The molecule has 108 valence electrons. The van der Waals surface area contributed by atoms with E-state index in [0.29, 0.717) is 30.9 Å². The third kappa shape index (κ3) is 2.90. The fourth-order valence-electron chi connectivity index (χ4n) is 2.57. The van der Waals surface area contributed by atoms with Crippen LogP contribution in [-0.2, 0) is 4.74 Å². The number of para-hydroxylation sites is 1. The maximum Gasteiger partial charge on any atom is 0.256 e. The minimum atomic E-state index is -0.0752. The molecule has 0 saturated carbocycles. The Balaban J connectivity index is 1.77. The molecule has 0 spiro atoms. The number of nitrogens with two attached hydrogens (primary N) is 1. The maximum absolute atomic E-state index is 12.6. The molecule has 1 heterocycles. The van der Waals surface area contributed by atoms with E-state index in [1.807, 2.05) is 47.4 Å². The van der Waals surface area contributed by atoms with Crippen LogP contribution in [0.1, 0.15) is 22.0 Å². The summed E-state index contributed by atoms with van der Waals surface area (Å²) in [6.45, 7) is 1.69. The molecule has 1 aliphatic heterocycles. The second kappa shape index (κ2) is 5.97. The van der Waals surface area contributed by atoms with Crippen LogP contribution in [0.5, 0.6) is 0 Å². The number of hydrogen-bond donors (Lipinski definition) is 1. The van der Waals surface area contributed by atoms with Crippen molar-refractivity contribution in [2.45, 2.75) is 6.10 Å². The van der Waals surface area contributed by atoms with Crippen LogP contribution >= 0.6 is 0 Å². The van der Waals surface area contributed by atoms with E-state index in [1.54, 1.807) is 12.1 Å². The predicted molar refractivity (Wildman–Crippen MR) is 81.9 cm³/mol. The Labute approximate surface area is 124 Å². The Hall–Kier alpha value is -2.33. The van der Waals surface area contributed by atoms with Crippen molar-refractivity contribution in [1.82, 2.24) is 4.90 Å². The summed E-state index contributed by atoms with van der Waals surface area (Å²) in [5.41, 5.74) is 8.07. The second-order valence-corrected chi connectivity index (χ2v) is 5.11. The number of benzene rings is 2. The molecular formula is C17H18N2O2. The highest BCUT2D eigenvalue weighted by atomic mass is 16.5. The van der Waals surface area contributed by atoms with Crippen LogP contribution in [0.3, 0.4) is 0 Å². The first-order chi connectivity index (χ1) is 10.3. The predicted octanol–water partition coefficient (Wildman–Crippen LogP) is 2.48. The van der Waals surface area contributed by atoms with Crippen molar-refractivity contribution in [2.75, 3.05) is 25.4 Å². The monoisotopic (exact) mass is 282 g/mol. The van der Waals surface area contributed by atoms with Crippen LogP contribution in [0, 0.1) is 0 Å². The van der Waals surface area contributed by atoms with Crippen molar-refractivity contribution in [3.05, 3.63) is 65.7 Å². The van der Waals surface area contributed by atoms with Gasteiger partial charge in [-0.15, -0.1) is 0 Å². The summed E-state index contributed by atoms with van der Waals surface area (Å²) in [4.78, 5) is 14.4. The third-order valence-electron chi connectivity index (χ3n) is 3.72. The summed E-state index contributed by atoms with van der Waals surface area (Å²) in [5, 5.41) is 0. The number of carbonyl (C=O) groups excluding carboxylic acids is 1. The molecule has 3 rings (SSSR count). The lowest BCUT2D eigenvalue weighted by molar-refractivity contribution is -0.0227. The standard InChI is InChI=1S/C17H18N2O2/c18-15-9-5-4-8-14(15)17(20)19-10-11-21-16(12-19)13-6-2-1-3-7-13/h1-9,16H,10-12,18H2. The van der Waals surface area contributed by atoms with Crippen LogP contribution in [0.25, 0.3) is 0 Å². The van der Waals surface area contributed by atoms with Crippen molar-refractivity contribution in [3.63, 3.8) is 0 Å². The molecule has 1 amide bonds. The van der Waals surface area contributed by atoms with E-state index in [0.717, 1.165) is 5.56 Å². The molecule has 0 aromatic heterocycles. The van der Waals surface area contributed by atoms with Crippen LogP contribution in [0.15, 0.2) is 54.6 Å². The number of anilines is 1. The fourth-order valence-corrected chi connectivity index (χ4v) is 2.57. The first kappa shape index (κ1) is 13.6. The number of nitrogen functional groups attached to an aromatic ring is 1. The Morgan fingerprint density at radius 2 is 1.81 bits per heavy atom. The van der Waals surface area contributed by atoms with E-state index in [2.05, 4.69) is 0 Å². The summed E-state index contributed by atoms with van der Waals surface area (Å²) in [6, 6.07) is 17.2. The van der Waals surface area contributed by atoms with Crippen molar-refractivity contribution >= 4 is 11.6 Å². The molecule has 0 radical (unpaired) electrons. The highest BCUT2D eigenvalue weighted by Crippen LogP contribution is 2.24. The van der Waals surface area contributed by atoms with Crippen LogP contribution in [0.2, 0.25) is 0 Å². The lowest BCUT2D eigenvalue weighted by Gasteiger charge is -2.33. The van der Waals surface area contributed by atoms with Gasteiger partial charge in [0.1, 0.15) is 6.10 Å². The van der Waals surface area contributed by atoms with Gasteiger partial charge in [0.25, 0.3) is 5.91 Å². The Morgan fingerprint density at radius 1 is 1.10 bits per heavy atom. The van der Waals surface area contributed by atoms with Gasteiger partial charge in [0.2, 0.25) is 0 Å². The smallest absolute Gasteiger partial charge is 0.256 e. The number of hydrogen-bond acceptors (Lipinski definition) is 3. The van der Waals surface area contributed by atoms with Gasteiger partial charge in [-0.2, -0.15) is 0 Å². The number of rotatable bonds is 2. The summed E-state index contributed by atoms with van der Waals surface area (Å²) in [6.07, 6.45) is -0.0752. The first-order valence-electron chi connectivity index (χ1n) is 7.06. The minimum Gasteiger partial charge on any atom is -0.398 e. The van der Waals surface area contributed by atoms with Crippen molar-refractivity contribution in [2.24, 2.45) is 0 Å². The Bertz CT molecular complexity index is 628. The largest absolute Gasteiger partial charge is 0.398 e. The van der Waals surface area contributed by atoms with E-state index >= 15 is 0 Å². The number of carbonyl (C=O) groups is 1. The maximum atomic E-state index is 12.6. The van der Waals surface area contributed by atoms with E-state index in [4.69, 9.17) is 10.5 Å². The highest BCUT2D eigenvalue weighted by molar-refractivity contribution is 5.99. The summed E-state index contributed by atoms with van der Waals surface area (Å²) >= 11 is 0. The van der Waals surface area contributed by atoms with Crippen LogP contribution in [0.4, 0.5) is 5.69 Å². The number of morpholine rings is 1. The second-order valence-electron chi connectivity index (χ2n) is 5.11. The van der Waals surface area contributed by atoms with E-state index in [1.165, 1.54) is 0 Å². The molecule has 2 aromatic carbocycles. The molecule has 1 atom stereocenters. The molecule has 1 aliphatic rings. The third-order valence-corrected chi connectivity index (χ3v) is 3.72. The van der Waals surface area contributed by atoms with Gasteiger partial charge in [-0.1, -0.05) is 42.5 Å². The van der Waals surface area contributed by atoms with Gasteiger partial charge in [0.05, 0.1) is 18.7 Å². The molecule has 4 nitrogen and oxygen atoms in total. The molecule has 0 aliphatic carbocycles.